The van der Waals surface area contributed by atoms with Crippen molar-refractivity contribution in [2.24, 2.45) is 7.05 Å². The van der Waals surface area contributed by atoms with Gasteiger partial charge < -0.3 is 5.11 Å². The first-order valence-electron chi connectivity index (χ1n) is 5.80. The molecule has 0 bridgehead atoms. The number of rotatable bonds is 2. The number of aliphatic hydroxyl groups excluding tert-OH is 1. The lowest BCUT2D eigenvalue weighted by Gasteiger charge is -2.39. The number of nitrogens with zero attached hydrogens (tertiary/aromatic N) is 2. The molecule has 3 nitrogen and oxygen atoms in total. The summed E-state index contributed by atoms with van der Waals surface area (Å²) in [7, 11) is 1.97. The summed E-state index contributed by atoms with van der Waals surface area (Å²) < 4.78 is 1.92. The van der Waals surface area contributed by atoms with E-state index in [0.717, 1.165) is 24.1 Å². The molecule has 0 radical (unpaired) electrons. The molecular formula is C13H16N2O. The number of aryl methyl sites for hydroxylation is 1. The SMILES string of the molecule is Cn1nc(C2(CO)CCC2)c2ccccc21. The second-order valence-electron chi connectivity index (χ2n) is 4.78. The highest BCUT2D eigenvalue weighted by molar-refractivity contribution is 5.83. The average Bonchev–Trinajstić information content (AvgIpc) is 2.58. The Morgan fingerprint density at radius 3 is 2.75 bits per heavy atom. The van der Waals surface area contributed by atoms with Gasteiger partial charge in [-0.15, -0.1) is 0 Å². The van der Waals surface area contributed by atoms with Crippen molar-refractivity contribution < 1.29 is 5.11 Å². The molecule has 1 aliphatic carbocycles. The lowest BCUT2D eigenvalue weighted by molar-refractivity contribution is 0.117. The minimum Gasteiger partial charge on any atom is -0.395 e. The first-order chi connectivity index (χ1) is 7.77. The molecule has 0 saturated heterocycles. The molecule has 1 aromatic carbocycles. The Morgan fingerprint density at radius 2 is 2.12 bits per heavy atom. The molecule has 1 N–H and O–H groups in total. The van der Waals surface area contributed by atoms with E-state index >= 15 is 0 Å². The standard InChI is InChI=1S/C13H16N2O/c1-15-11-6-3-2-5-10(11)12(14-15)13(9-16)7-4-8-13/h2-3,5-6,16H,4,7-9H2,1H3. The van der Waals surface area contributed by atoms with Gasteiger partial charge >= 0.3 is 0 Å². The van der Waals surface area contributed by atoms with Crippen molar-refractivity contribution in [3.63, 3.8) is 0 Å². The highest BCUT2D eigenvalue weighted by Gasteiger charge is 2.41. The molecule has 0 amide bonds. The van der Waals surface area contributed by atoms with Gasteiger partial charge in [-0.05, 0) is 18.9 Å². The number of fused-ring (bicyclic) bond motifs is 1. The van der Waals surface area contributed by atoms with E-state index in [2.05, 4.69) is 17.2 Å². The molecule has 0 atom stereocenters. The molecule has 1 heterocycles. The minimum absolute atomic E-state index is 0.0686. The van der Waals surface area contributed by atoms with E-state index in [1.807, 2.05) is 23.9 Å². The molecule has 1 fully saturated rings. The van der Waals surface area contributed by atoms with Crippen molar-refractivity contribution in [2.75, 3.05) is 6.61 Å². The van der Waals surface area contributed by atoms with Crippen molar-refractivity contribution in [3.05, 3.63) is 30.0 Å². The first-order valence-corrected chi connectivity index (χ1v) is 5.80. The molecule has 2 aromatic rings. The summed E-state index contributed by atoms with van der Waals surface area (Å²) in [5.41, 5.74) is 2.16. The van der Waals surface area contributed by atoms with Crippen molar-refractivity contribution in [1.29, 1.82) is 0 Å². The average molecular weight is 216 g/mol. The number of aromatic nitrogens is 2. The van der Waals surface area contributed by atoms with Crippen LogP contribution in [-0.2, 0) is 12.5 Å². The summed E-state index contributed by atoms with van der Waals surface area (Å²) in [5, 5.41) is 15.4. The fourth-order valence-corrected chi connectivity index (χ4v) is 2.68. The van der Waals surface area contributed by atoms with Crippen LogP contribution in [0.15, 0.2) is 24.3 Å². The Labute approximate surface area is 94.7 Å². The van der Waals surface area contributed by atoms with E-state index in [4.69, 9.17) is 0 Å². The van der Waals surface area contributed by atoms with Gasteiger partial charge in [-0.1, -0.05) is 24.6 Å². The Morgan fingerprint density at radius 1 is 1.38 bits per heavy atom. The van der Waals surface area contributed by atoms with Gasteiger partial charge in [0.25, 0.3) is 0 Å². The normalized spacial score (nSPS) is 18.6. The van der Waals surface area contributed by atoms with Gasteiger partial charge in [0.1, 0.15) is 0 Å². The van der Waals surface area contributed by atoms with Crippen LogP contribution in [0.1, 0.15) is 25.0 Å². The van der Waals surface area contributed by atoms with E-state index in [0.29, 0.717) is 0 Å². The molecule has 1 aromatic heterocycles. The van der Waals surface area contributed by atoms with E-state index < -0.39 is 0 Å². The molecule has 84 valence electrons. The summed E-state index contributed by atoms with van der Waals surface area (Å²) in [6, 6.07) is 8.25. The number of hydrogen-bond donors (Lipinski definition) is 1. The van der Waals surface area contributed by atoms with Crippen LogP contribution in [0.5, 0.6) is 0 Å². The van der Waals surface area contributed by atoms with Gasteiger partial charge in [0.2, 0.25) is 0 Å². The maximum atomic E-state index is 9.61. The Bertz CT molecular complexity index is 520. The smallest absolute Gasteiger partial charge is 0.0787 e. The zero-order chi connectivity index (χ0) is 11.2. The molecule has 1 aliphatic rings. The highest BCUT2D eigenvalue weighted by atomic mass is 16.3. The summed E-state index contributed by atoms with van der Waals surface area (Å²) in [5.74, 6) is 0. The van der Waals surface area contributed by atoms with Crippen LogP contribution in [0, 0.1) is 0 Å². The highest BCUT2D eigenvalue weighted by Crippen LogP contribution is 2.44. The van der Waals surface area contributed by atoms with Crippen LogP contribution in [0.3, 0.4) is 0 Å². The predicted molar refractivity (Wildman–Crippen MR) is 63.3 cm³/mol. The van der Waals surface area contributed by atoms with Gasteiger partial charge in [0.15, 0.2) is 0 Å². The molecule has 16 heavy (non-hydrogen) atoms. The van der Waals surface area contributed by atoms with Gasteiger partial charge in [-0.3, -0.25) is 4.68 Å². The van der Waals surface area contributed by atoms with Gasteiger partial charge in [-0.25, -0.2) is 0 Å². The number of benzene rings is 1. The number of hydrogen-bond acceptors (Lipinski definition) is 2. The topological polar surface area (TPSA) is 38.0 Å². The second-order valence-corrected chi connectivity index (χ2v) is 4.78. The maximum Gasteiger partial charge on any atom is 0.0787 e. The van der Waals surface area contributed by atoms with Crippen LogP contribution in [0.4, 0.5) is 0 Å². The molecular weight excluding hydrogens is 200 g/mol. The summed E-state index contributed by atoms with van der Waals surface area (Å²) in [6.45, 7) is 0.216. The van der Waals surface area contributed by atoms with Crippen molar-refractivity contribution in [2.45, 2.75) is 24.7 Å². The van der Waals surface area contributed by atoms with Crippen molar-refractivity contribution in [3.8, 4) is 0 Å². The van der Waals surface area contributed by atoms with Gasteiger partial charge in [-0.2, -0.15) is 5.10 Å². The van der Waals surface area contributed by atoms with E-state index in [1.54, 1.807) is 0 Å². The van der Waals surface area contributed by atoms with E-state index in [-0.39, 0.29) is 12.0 Å². The van der Waals surface area contributed by atoms with Crippen LogP contribution in [0.25, 0.3) is 10.9 Å². The predicted octanol–water partition coefficient (Wildman–Crippen LogP) is 1.99. The lowest BCUT2D eigenvalue weighted by atomic mass is 9.66. The second kappa shape index (κ2) is 3.32. The monoisotopic (exact) mass is 216 g/mol. The first kappa shape index (κ1) is 9.85. The molecule has 3 rings (SSSR count). The zero-order valence-electron chi connectivity index (χ0n) is 9.48. The third-order valence-electron chi connectivity index (χ3n) is 3.87. The Kier molecular flexibility index (Phi) is 2.04. The van der Waals surface area contributed by atoms with Crippen LogP contribution >= 0.6 is 0 Å². The summed E-state index contributed by atoms with van der Waals surface area (Å²) >= 11 is 0. The van der Waals surface area contributed by atoms with Crippen LogP contribution < -0.4 is 0 Å². The lowest BCUT2D eigenvalue weighted by Crippen LogP contribution is -2.38. The van der Waals surface area contributed by atoms with Gasteiger partial charge in [0.05, 0.1) is 17.8 Å². The molecule has 0 unspecified atom stereocenters. The van der Waals surface area contributed by atoms with E-state index in [9.17, 15) is 5.11 Å². The third kappa shape index (κ3) is 1.15. The summed E-state index contributed by atoms with van der Waals surface area (Å²) in [4.78, 5) is 0. The third-order valence-corrected chi connectivity index (χ3v) is 3.87. The van der Waals surface area contributed by atoms with Crippen molar-refractivity contribution >= 4 is 10.9 Å². The number of aliphatic hydroxyl groups is 1. The van der Waals surface area contributed by atoms with Crippen LogP contribution in [-0.4, -0.2) is 21.5 Å². The van der Waals surface area contributed by atoms with E-state index in [1.165, 1.54) is 11.8 Å². The van der Waals surface area contributed by atoms with Crippen LogP contribution in [0.2, 0.25) is 0 Å². The zero-order valence-corrected chi connectivity index (χ0v) is 9.48. The molecule has 0 spiro atoms. The minimum atomic E-state index is -0.0686. The van der Waals surface area contributed by atoms with Gasteiger partial charge in [0, 0.05) is 17.8 Å². The number of para-hydroxylation sites is 1. The molecule has 1 saturated carbocycles. The Hall–Kier alpha value is -1.35. The largest absolute Gasteiger partial charge is 0.395 e. The Balaban J connectivity index is 2.24. The fraction of sp³-hybridized carbons (Fsp3) is 0.462. The fourth-order valence-electron chi connectivity index (χ4n) is 2.68. The van der Waals surface area contributed by atoms with Crippen molar-refractivity contribution in [1.82, 2.24) is 9.78 Å². The maximum absolute atomic E-state index is 9.61. The molecule has 0 aliphatic heterocycles. The molecule has 3 heteroatoms. The quantitative estimate of drug-likeness (QED) is 0.833. The summed E-state index contributed by atoms with van der Waals surface area (Å²) in [6.07, 6.45) is 3.32.